The van der Waals surface area contributed by atoms with E-state index in [1.54, 1.807) is 54.6 Å². The summed E-state index contributed by atoms with van der Waals surface area (Å²) in [5, 5.41) is 2.19. The number of halogens is 2. The van der Waals surface area contributed by atoms with Gasteiger partial charge in [-0.05, 0) is 47.5 Å². The summed E-state index contributed by atoms with van der Waals surface area (Å²) in [5.74, 6) is -1.08. The van der Waals surface area contributed by atoms with Crippen molar-refractivity contribution in [3.63, 3.8) is 0 Å². The van der Waals surface area contributed by atoms with Gasteiger partial charge in [0, 0.05) is 15.5 Å². The van der Waals surface area contributed by atoms with Gasteiger partial charge in [-0.15, -0.1) is 0 Å². The Morgan fingerprint density at radius 1 is 0.833 bits per heavy atom. The average Bonchev–Trinajstić information content (AvgIpc) is 2.53. The molecule has 0 heterocycles. The molecule has 6 heteroatoms. The Kier molecular flexibility index (Phi) is 6.37. The van der Waals surface area contributed by atoms with Crippen LogP contribution in [0.5, 0.6) is 0 Å². The van der Waals surface area contributed by atoms with Crippen LogP contribution in [0.3, 0.4) is 0 Å². The third-order valence-corrected chi connectivity index (χ3v) is 4.75. The lowest BCUT2D eigenvalue weighted by molar-refractivity contribution is -0.112. The number of rotatable bonds is 6. The predicted octanol–water partition coefficient (Wildman–Crippen LogP) is 4.66. The van der Waals surface area contributed by atoms with E-state index in [1.165, 1.54) is 12.2 Å². The predicted molar refractivity (Wildman–Crippen MR) is 99.8 cm³/mol. The number of sulfone groups is 1. The van der Waals surface area contributed by atoms with E-state index >= 15 is 0 Å². The minimum atomic E-state index is -3.64. The molecule has 0 aliphatic carbocycles. The summed E-state index contributed by atoms with van der Waals surface area (Å²) in [4.78, 5) is 11.8. The molecule has 3 nitrogen and oxygen atoms in total. The van der Waals surface area contributed by atoms with Gasteiger partial charge in [-0.3, -0.25) is 4.79 Å². The van der Waals surface area contributed by atoms with Gasteiger partial charge >= 0.3 is 0 Å². The van der Waals surface area contributed by atoms with E-state index in [1.807, 2.05) is 0 Å². The van der Waals surface area contributed by atoms with Crippen molar-refractivity contribution < 1.29 is 13.2 Å². The summed E-state index contributed by atoms with van der Waals surface area (Å²) >= 11 is 11.5. The van der Waals surface area contributed by atoms with Crippen molar-refractivity contribution in [1.82, 2.24) is 0 Å². The molecule has 0 unspecified atom stereocenters. The number of ketones is 1. The van der Waals surface area contributed by atoms with Crippen LogP contribution in [0.2, 0.25) is 10.0 Å². The fraction of sp³-hybridized carbons (Fsp3) is 0.0556. The van der Waals surface area contributed by atoms with E-state index in [4.69, 9.17) is 23.2 Å². The fourth-order valence-electron chi connectivity index (χ4n) is 1.81. The van der Waals surface area contributed by atoms with E-state index in [9.17, 15) is 13.2 Å². The largest absolute Gasteiger partial charge is 0.294 e. The maximum Gasteiger partial charge on any atom is 0.179 e. The summed E-state index contributed by atoms with van der Waals surface area (Å²) in [6.45, 7) is 0. The number of carbonyl (C=O) groups is 1. The van der Waals surface area contributed by atoms with Gasteiger partial charge in [0.2, 0.25) is 0 Å². The zero-order chi connectivity index (χ0) is 17.6. The average molecular weight is 381 g/mol. The second-order valence-corrected chi connectivity index (χ2v) is 7.77. The van der Waals surface area contributed by atoms with Crippen LogP contribution in [0.4, 0.5) is 0 Å². The van der Waals surface area contributed by atoms with Gasteiger partial charge in [0.25, 0.3) is 0 Å². The van der Waals surface area contributed by atoms with E-state index in [0.717, 1.165) is 11.0 Å². The van der Waals surface area contributed by atoms with Gasteiger partial charge < -0.3 is 0 Å². The minimum Gasteiger partial charge on any atom is -0.294 e. The first-order chi connectivity index (χ1) is 11.3. The first-order valence-corrected chi connectivity index (χ1v) is 9.44. The van der Waals surface area contributed by atoms with Crippen LogP contribution in [-0.4, -0.2) is 20.0 Å². The Balaban J connectivity index is 1.98. The quantitative estimate of drug-likeness (QED) is 0.684. The second kappa shape index (κ2) is 8.29. The van der Waals surface area contributed by atoms with Gasteiger partial charge in [0.05, 0.1) is 0 Å². The van der Waals surface area contributed by atoms with Gasteiger partial charge in [-0.2, -0.15) is 0 Å². The number of allylic oxidation sites excluding steroid dienone is 1. The molecule has 0 amide bonds. The first kappa shape index (κ1) is 18.5. The molecule has 0 fully saturated rings. The van der Waals surface area contributed by atoms with Crippen LogP contribution >= 0.6 is 23.2 Å². The zero-order valence-corrected chi connectivity index (χ0v) is 14.9. The summed E-state index contributed by atoms with van der Waals surface area (Å²) < 4.78 is 23.9. The van der Waals surface area contributed by atoms with Crippen LogP contribution < -0.4 is 0 Å². The lowest BCUT2D eigenvalue weighted by atomic mass is 10.2. The third-order valence-electron chi connectivity index (χ3n) is 3.01. The molecule has 0 aliphatic rings. The van der Waals surface area contributed by atoms with Gasteiger partial charge in [0.1, 0.15) is 5.75 Å². The van der Waals surface area contributed by atoms with Gasteiger partial charge in [-0.25, -0.2) is 8.42 Å². The van der Waals surface area contributed by atoms with Crippen LogP contribution in [0.25, 0.3) is 12.2 Å². The van der Waals surface area contributed by atoms with Gasteiger partial charge in [-0.1, -0.05) is 53.5 Å². The molecule has 0 N–H and O–H groups in total. The maximum absolute atomic E-state index is 12.0. The number of benzene rings is 2. The molecule has 0 saturated carbocycles. The van der Waals surface area contributed by atoms with Crippen molar-refractivity contribution in [1.29, 1.82) is 0 Å². The zero-order valence-electron chi connectivity index (χ0n) is 12.5. The van der Waals surface area contributed by atoms with Crippen LogP contribution in [0.15, 0.2) is 60.0 Å². The van der Waals surface area contributed by atoms with Crippen molar-refractivity contribution in [3.8, 4) is 0 Å². The molecule has 2 rings (SSSR count). The molecular weight excluding hydrogens is 367 g/mol. The van der Waals surface area contributed by atoms with Crippen molar-refractivity contribution in [2.75, 3.05) is 5.75 Å². The number of hydrogen-bond acceptors (Lipinski definition) is 3. The first-order valence-electron chi connectivity index (χ1n) is 6.97. The molecule has 0 aliphatic heterocycles. The smallest absolute Gasteiger partial charge is 0.179 e. The van der Waals surface area contributed by atoms with Crippen LogP contribution in [-0.2, 0) is 14.6 Å². The Morgan fingerprint density at radius 2 is 1.29 bits per heavy atom. The highest BCUT2D eigenvalue weighted by molar-refractivity contribution is 7.95. The summed E-state index contributed by atoms with van der Waals surface area (Å²) in [6, 6.07) is 13.6. The summed E-state index contributed by atoms with van der Waals surface area (Å²) in [5.41, 5.74) is 1.45. The molecule has 124 valence electrons. The SMILES string of the molecule is O=C(/C=C\c1ccc(Cl)cc1)CS(=O)(=O)C=Cc1ccc(Cl)cc1. The molecule has 0 aromatic heterocycles. The molecule has 0 radical (unpaired) electrons. The number of carbonyl (C=O) groups excluding carboxylic acids is 1. The van der Waals surface area contributed by atoms with Crippen molar-refractivity contribution in [3.05, 3.63) is 81.2 Å². The Morgan fingerprint density at radius 3 is 1.79 bits per heavy atom. The highest BCUT2D eigenvalue weighted by Crippen LogP contribution is 2.12. The van der Waals surface area contributed by atoms with E-state index in [0.29, 0.717) is 15.6 Å². The Bertz CT molecular complexity index is 865. The van der Waals surface area contributed by atoms with E-state index in [2.05, 4.69) is 0 Å². The molecule has 2 aromatic rings. The van der Waals surface area contributed by atoms with E-state index < -0.39 is 21.4 Å². The van der Waals surface area contributed by atoms with E-state index in [-0.39, 0.29) is 0 Å². The highest BCUT2D eigenvalue weighted by Gasteiger charge is 2.11. The molecule has 0 bridgehead atoms. The number of hydrogen-bond donors (Lipinski definition) is 0. The van der Waals surface area contributed by atoms with Crippen LogP contribution in [0, 0.1) is 0 Å². The van der Waals surface area contributed by atoms with Crippen LogP contribution in [0.1, 0.15) is 11.1 Å². The van der Waals surface area contributed by atoms with Crippen molar-refractivity contribution >= 4 is 51.0 Å². The van der Waals surface area contributed by atoms with Gasteiger partial charge in [0.15, 0.2) is 15.6 Å². The summed E-state index contributed by atoms with van der Waals surface area (Å²) in [6.07, 6.45) is 4.23. The second-order valence-electron chi connectivity index (χ2n) is 5.01. The minimum absolute atomic E-state index is 0.495. The Labute approximate surface area is 151 Å². The summed E-state index contributed by atoms with van der Waals surface area (Å²) in [7, 11) is -3.64. The lowest BCUT2D eigenvalue weighted by Gasteiger charge is -1.97. The maximum atomic E-state index is 12.0. The standard InChI is InChI=1S/C18H14Cl2O3S/c19-16-6-1-14(2-7-16)5-10-18(21)13-24(22,23)12-11-15-3-8-17(20)9-4-15/h1-12H,13H2/b10-5-,12-11?. The van der Waals surface area contributed by atoms with Crippen molar-refractivity contribution in [2.45, 2.75) is 0 Å². The Hall–Kier alpha value is -1.88. The molecule has 0 atom stereocenters. The molecule has 0 saturated heterocycles. The molecule has 0 spiro atoms. The topological polar surface area (TPSA) is 51.2 Å². The molecular formula is C18H14Cl2O3S. The fourth-order valence-corrected chi connectivity index (χ4v) is 3.02. The normalized spacial score (nSPS) is 12.1. The molecule has 24 heavy (non-hydrogen) atoms. The monoisotopic (exact) mass is 380 g/mol. The lowest BCUT2D eigenvalue weighted by Crippen LogP contribution is -2.11. The highest BCUT2D eigenvalue weighted by atomic mass is 35.5. The third kappa shape index (κ3) is 6.32. The van der Waals surface area contributed by atoms with Crippen molar-refractivity contribution in [2.24, 2.45) is 0 Å². The molecule has 2 aromatic carbocycles.